The van der Waals surface area contributed by atoms with E-state index in [2.05, 4.69) is 25.6 Å². The first kappa shape index (κ1) is 27.3. The second kappa shape index (κ2) is 11.3. The van der Waals surface area contributed by atoms with Crippen LogP contribution in [0.5, 0.6) is 0 Å². The highest BCUT2D eigenvalue weighted by Crippen LogP contribution is 2.36. The lowest BCUT2D eigenvalue weighted by atomic mass is 10.1. The molecule has 3 aromatic heterocycles. The van der Waals surface area contributed by atoms with Crippen molar-refractivity contribution in [3.8, 4) is 11.4 Å². The van der Waals surface area contributed by atoms with E-state index in [9.17, 15) is 26.3 Å². The number of hydrogen-bond donors (Lipinski definition) is 2. The van der Waals surface area contributed by atoms with Crippen molar-refractivity contribution in [2.24, 2.45) is 0 Å². The minimum absolute atomic E-state index is 0.0140. The number of aromatic nitrogens is 3. The van der Waals surface area contributed by atoms with Gasteiger partial charge in [0.05, 0.1) is 34.8 Å². The van der Waals surface area contributed by atoms with Crippen molar-refractivity contribution in [3.05, 3.63) is 77.6 Å². The summed E-state index contributed by atoms with van der Waals surface area (Å²) in [7, 11) is 0. The molecule has 0 saturated heterocycles. The number of alkyl halides is 6. The first-order valence-corrected chi connectivity index (χ1v) is 11.6. The summed E-state index contributed by atoms with van der Waals surface area (Å²) >= 11 is 0. The molecule has 0 fully saturated rings. The minimum atomic E-state index is -4.63. The molecule has 0 aliphatic carbocycles. The third-order valence-electron chi connectivity index (χ3n) is 5.51. The van der Waals surface area contributed by atoms with Gasteiger partial charge in [-0.05, 0) is 61.5 Å². The van der Waals surface area contributed by atoms with Crippen molar-refractivity contribution in [2.75, 3.05) is 25.1 Å². The summed E-state index contributed by atoms with van der Waals surface area (Å²) in [6.45, 7) is 3.75. The van der Waals surface area contributed by atoms with Crippen LogP contribution in [0.25, 0.3) is 22.4 Å². The molecule has 0 unspecified atom stereocenters. The lowest BCUT2D eigenvalue weighted by Gasteiger charge is -2.15. The number of pyridine rings is 3. The molecule has 38 heavy (non-hydrogen) atoms. The highest BCUT2D eigenvalue weighted by atomic mass is 19.4. The Hall–Kier alpha value is -3.77. The van der Waals surface area contributed by atoms with E-state index < -0.39 is 23.5 Å². The van der Waals surface area contributed by atoms with Crippen LogP contribution in [0, 0.1) is 0 Å². The van der Waals surface area contributed by atoms with E-state index in [1.807, 2.05) is 6.92 Å². The highest BCUT2D eigenvalue weighted by Gasteiger charge is 2.34. The van der Waals surface area contributed by atoms with Gasteiger partial charge in [0.25, 0.3) is 0 Å². The average Bonchev–Trinajstić information content (AvgIpc) is 2.87. The van der Waals surface area contributed by atoms with Crippen LogP contribution in [0.3, 0.4) is 0 Å². The number of halogens is 6. The van der Waals surface area contributed by atoms with Gasteiger partial charge in [-0.2, -0.15) is 26.3 Å². The number of hydrogen-bond acceptors (Lipinski definition) is 6. The van der Waals surface area contributed by atoms with Crippen LogP contribution in [0.2, 0.25) is 0 Å². The quantitative estimate of drug-likeness (QED) is 0.186. The molecular formula is C26H23F6N5O. The summed E-state index contributed by atoms with van der Waals surface area (Å²) < 4.78 is 84.9. The summed E-state index contributed by atoms with van der Waals surface area (Å²) in [5, 5.41) is 6.71. The molecule has 0 radical (unpaired) electrons. The number of rotatable bonds is 9. The maximum absolute atomic E-state index is 13.6. The predicted octanol–water partition coefficient (Wildman–Crippen LogP) is 6.60. The fourth-order valence-electron chi connectivity index (χ4n) is 3.72. The lowest BCUT2D eigenvalue weighted by Crippen LogP contribution is -2.20. The second-order valence-corrected chi connectivity index (χ2v) is 8.20. The predicted molar refractivity (Wildman–Crippen MR) is 131 cm³/mol. The number of fused-ring (bicyclic) bond motifs is 1. The summed E-state index contributed by atoms with van der Waals surface area (Å²) in [5.74, 6) is 0. The van der Waals surface area contributed by atoms with E-state index in [4.69, 9.17) is 4.74 Å². The Balaban J connectivity index is 1.73. The molecule has 200 valence electrons. The first-order valence-electron chi connectivity index (χ1n) is 11.6. The van der Waals surface area contributed by atoms with Gasteiger partial charge in [-0.25, -0.2) is 9.97 Å². The molecule has 12 heteroatoms. The van der Waals surface area contributed by atoms with Crippen molar-refractivity contribution >= 4 is 22.4 Å². The average molecular weight is 535 g/mol. The molecule has 3 heterocycles. The Kier molecular flexibility index (Phi) is 8.12. The third-order valence-corrected chi connectivity index (χ3v) is 5.51. The zero-order valence-electron chi connectivity index (χ0n) is 20.1. The zero-order valence-corrected chi connectivity index (χ0v) is 20.1. The highest BCUT2D eigenvalue weighted by molar-refractivity contribution is 5.92. The van der Waals surface area contributed by atoms with Crippen LogP contribution >= 0.6 is 0 Å². The maximum Gasteiger partial charge on any atom is 0.418 e. The van der Waals surface area contributed by atoms with E-state index in [1.54, 1.807) is 12.1 Å². The Morgan fingerprint density at radius 1 is 0.895 bits per heavy atom. The van der Waals surface area contributed by atoms with E-state index in [1.165, 1.54) is 30.5 Å². The molecule has 0 bridgehead atoms. The second-order valence-electron chi connectivity index (χ2n) is 8.20. The number of benzene rings is 1. The molecule has 6 nitrogen and oxygen atoms in total. The van der Waals surface area contributed by atoms with Gasteiger partial charge in [0, 0.05) is 37.0 Å². The Morgan fingerprint density at radius 2 is 1.66 bits per heavy atom. The SMILES string of the molecule is CCOCCNCc1cc(Nc2ccc(C(F)(F)F)cc2)c2ccc(-c3ncccc3C(F)(F)F)nc2n1. The van der Waals surface area contributed by atoms with Crippen LogP contribution in [-0.4, -0.2) is 34.7 Å². The fraction of sp³-hybridized carbons (Fsp3) is 0.269. The summed E-state index contributed by atoms with van der Waals surface area (Å²) in [6.07, 6.45) is -7.85. The van der Waals surface area contributed by atoms with E-state index >= 15 is 0 Å². The van der Waals surface area contributed by atoms with Crippen LogP contribution < -0.4 is 10.6 Å². The molecule has 4 rings (SSSR count). The molecule has 4 aromatic rings. The first-order chi connectivity index (χ1) is 18.1. The number of nitrogens with one attached hydrogen (secondary N) is 2. The smallest absolute Gasteiger partial charge is 0.380 e. The van der Waals surface area contributed by atoms with Gasteiger partial charge in [0.15, 0.2) is 5.65 Å². The fourth-order valence-corrected chi connectivity index (χ4v) is 3.72. The molecule has 0 spiro atoms. The normalized spacial score (nSPS) is 12.2. The van der Waals surface area contributed by atoms with E-state index in [0.717, 1.165) is 18.2 Å². The maximum atomic E-state index is 13.6. The molecule has 0 saturated carbocycles. The topological polar surface area (TPSA) is 72.0 Å². The van der Waals surface area contributed by atoms with E-state index in [0.29, 0.717) is 48.8 Å². The lowest BCUT2D eigenvalue weighted by molar-refractivity contribution is -0.138. The molecule has 0 aliphatic heterocycles. The van der Waals surface area contributed by atoms with Crippen LogP contribution in [0.15, 0.2) is 60.8 Å². The summed E-state index contributed by atoms with van der Waals surface area (Å²) in [4.78, 5) is 12.8. The summed E-state index contributed by atoms with van der Waals surface area (Å²) in [5.41, 5.74) is -0.528. The minimum Gasteiger partial charge on any atom is -0.380 e. The largest absolute Gasteiger partial charge is 0.418 e. The van der Waals surface area contributed by atoms with Crippen molar-refractivity contribution < 1.29 is 31.1 Å². The van der Waals surface area contributed by atoms with Crippen molar-refractivity contribution in [3.63, 3.8) is 0 Å². The number of ether oxygens (including phenoxy) is 1. The van der Waals surface area contributed by atoms with Crippen molar-refractivity contribution in [1.82, 2.24) is 20.3 Å². The van der Waals surface area contributed by atoms with Gasteiger partial charge in [-0.1, -0.05) is 0 Å². The third kappa shape index (κ3) is 6.56. The molecule has 1 aromatic carbocycles. The summed E-state index contributed by atoms with van der Waals surface area (Å²) in [6, 6.07) is 11.3. The van der Waals surface area contributed by atoms with Crippen molar-refractivity contribution in [1.29, 1.82) is 0 Å². The molecule has 2 N–H and O–H groups in total. The number of nitrogens with zero attached hydrogens (tertiary/aromatic N) is 3. The Bertz CT molecular complexity index is 1390. The molecule has 0 atom stereocenters. The van der Waals surface area contributed by atoms with Crippen LogP contribution in [-0.2, 0) is 23.6 Å². The van der Waals surface area contributed by atoms with Gasteiger partial charge >= 0.3 is 12.4 Å². The Morgan fingerprint density at radius 3 is 2.34 bits per heavy atom. The van der Waals surface area contributed by atoms with Gasteiger partial charge in [0.2, 0.25) is 0 Å². The molecule has 0 amide bonds. The number of anilines is 2. The van der Waals surface area contributed by atoms with Gasteiger partial charge < -0.3 is 15.4 Å². The van der Waals surface area contributed by atoms with Crippen molar-refractivity contribution in [2.45, 2.75) is 25.8 Å². The van der Waals surface area contributed by atoms with Gasteiger partial charge in [-0.15, -0.1) is 0 Å². The molecule has 0 aliphatic rings. The Labute approximate surface area is 214 Å². The van der Waals surface area contributed by atoms with E-state index in [-0.39, 0.29) is 17.0 Å². The standard InChI is InChI=1S/C26H23F6N5O/c1-2-38-13-12-33-15-18-14-22(35-17-7-5-16(6-8-17)25(27,28)29)19-9-10-21(37-24(19)36-18)23-20(26(30,31)32)4-3-11-34-23/h3-11,14,33H,2,12-13,15H2,1H3,(H,35,36,37). The van der Waals surface area contributed by atoms with Gasteiger partial charge in [-0.3, -0.25) is 4.98 Å². The molecular weight excluding hydrogens is 512 g/mol. The van der Waals surface area contributed by atoms with Crippen LogP contribution in [0.1, 0.15) is 23.7 Å². The zero-order chi connectivity index (χ0) is 27.3. The monoisotopic (exact) mass is 535 g/mol. The van der Waals surface area contributed by atoms with Gasteiger partial charge in [0.1, 0.15) is 5.69 Å². The van der Waals surface area contributed by atoms with Crippen LogP contribution in [0.4, 0.5) is 37.7 Å².